The zero-order valence-electron chi connectivity index (χ0n) is 17.8. The monoisotopic (exact) mass is 460 g/mol. The van der Waals surface area contributed by atoms with E-state index >= 15 is 0 Å². The third kappa shape index (κ3) is 5.46. The van der Waals surface area contributed by atoms with Gasteiger partial charge in [0.2, 0.25) is 0 Å². The number of benzene rings is 1. The number of ether oxygens (including phenoxy) is 3. The highest BCUT2D eigenvalue weighted by molar-refractivity contribution is 6.00. The zero-order valence-corrected chi connectivity index (χ0v) is 17.8. The lowest BCUT2D eigenvalue weighted by molar-refractivity contribution is -0.143. The van der Waals surface area contributed by atoms with Crippen molar-refractivity contribution in [3.63, 3.8) is 0 Å². The first kappa shape index (κ1) is 25.3. The Labute approximate surface area is 182 Å². The predicted octanol–water partition coefficient (Wildman–Crippen LogP) is 2.37. The van der Waals surface area contributed by atoms with Gasteiger partial charge in [-0.15, -0.1) is 0 Å². The maximum absolute atomic E-state index is 14.8. The molecule has 1 aliphatic rings. The summed E-state index contributed by atoms with van der Waals surface area (Å²) in [6.45, 7) is 1.66. The predicted molar refractivity (Wildman–Crippen MR) is 105 cm³/mol. The summed E-state index contributed by atoms with van der Waals surface area (Å²) in [4.78, 5) is 25.5. The summed E-state index contributed by atoms with van der Waals surface area (Å²) in [5.74, 6) is -7.95. The van der Waals surface area contributed by atoms with Gasteiger partial charge in [-0.25, -0.2) is 27.2 Å². The average Bonchev–Trinajstić information content (AvgIpc) is 2.71. The highest BCUT2D eigenvalue weighted by atomic mass is 19.1. The van der Waals surface area contributed by atoms with Gasteiger partial charge in [-0.3, -0.25) is 0 Å². The van der Waals surface area contributed by atoms with Crippen molar-refractivity contribution in [1.82, 2.24) is 5.32 Å². The molecule has 0 aliphatic carbocycles. The summed E-state index contributed by atoms with van der Waals surface area (Å²) in [6, 6.07) is 0.779. The Morgan fingerprint density at radius 3 is 2.19 bits per heavy atom. The van der Waals surface area contributed by atoms with Crippen LogP contribution in [0.4, 0.5) is 17.6 Å². The number of dihydropyridines is 1. The van der Waals surface area contributed by atoms with Crippen LogP contribution < -0.4 is 11.1 Å². The molecule has 1 aromatic rings. The van der Waals surface area contributed by atoms with Crippen LogP contribution in [0.15, 0.2) is 34.7 Å². The Balaban J connectivity index is 2.84. The van der Waals surface area contributed by atoms with Gasteiger partial charge in [0.1, 0.15) is 24.1 Å². The van der Waals surface area contributed by atoms with Gasteiger partial charge in [-0.1, -0.05) is 0 Å². The zero-order chi connectivity index (χ0) is 24.0. The second kappa shape index (κ2) is 11.1. The van der Waals surface area contributed by atoms with Crippen LogP contribution in [0.3, 0.4) is 0 Å². The number of esters is 2. The van der Waals surface area contributed by atoms with E-state index in [1.54, 1.807) is 0 Å². The van der Waals surface area contributed by atoms with Crippen LogP contribution in [0.25, 0.3) is 0 Å². The van der Waals surface area contributed by atoms with E-state index in [-0.39, 0.29) is 25.5 Å². The fourth-order valence-electron chi connectivity index (χ4n) is 3.27. The molecular formula is C21H24F4N2O5. The second-order valence-electron chi connectivity index (χ2n) is 7.05. The number of hydrogen-bond acceptors (Lipinski definition) is 7. The molecule has 0 amide bonds. The molecule has 1 aliphatic heterocycles. The lowest BCUT2D eigenvalue weighted by Crippen LogP contribution is -2.37. The van der Waals surface area contributed by atoms with Crippen LogP contribution in [0.1, 0.15) is 25.3 Å². The van der Waals surface area contributed by atoms with E-state index in [1.807, 2.05) is 0 Å². The molecule has 3 N–H and O–H groups in total. The minimum atomic E-state index is -1.79. The van der Waals surface area contributed by atoms with Crippen molar-refractivity contribution in [3.8, 4) is 0 Å². The van der Waals surface area contributed by atoms with Gasteiger partial charge in [0.15, 0.2) is 0 Å². The Morgan fingerprint density at radius 2 is 1.69 bits per heavy atom. The van der Waals surface area contributed by atoms with Crippen molar-refractivity contribution < 1.29 is 41.4 Å². The first-order valence-corrected chi connectivity index (χ1v) is 9.66. The number of nitrogens with one attached hydrogen (secondary N) is 1. The summed E-state index contributed by atoms with van der Waals surface area (Å²) in [7, 11) is 0.981. The number of alkyl halides is 1. The van der Waals surface area contributed by atoms with Crippen molar-refractivity contribution in [2.75, 3.05) is 33.5 Å². The lowest BCUT2D eigenvalue weighted by Gasteiger charge is -2.32. The topological polar surface area (TPSA) is 99.9 Å². The third-order valence-electron chi connectivity index (χ3n) is 4.47. The van der Waals surface area contributed by atoms with E-state index in [0.29, 0.717) is 12.1 Å². The number of rotatable bonds is 9. The Morgan fingerprint density at radius 1 is 1.09 bits per heavy atom. The smallest absolute Gasteiger partial charge is 0.337 e. The molecule has 32 heavy (non-hydrogen) atoms. The molecule has 0 spiro atoms. The summed E-state index contributed by atoms with van der Waals surface area (Å²) >= 11 is 0. The first-order valence-electron chi connectivity index (χ1n) is 9.66. The third-order valence-corrected chi connectivity index (χ3v) is 4.47. The van der Waals surface area contributed by atoms with Crippen molar-refractivity contribution in [3.05, 3.63) is 57.7 Å². The lowest BCUT2D eigenvalue weighted by atomic mass is 9.79. The maximum Gasteiger partial charge on any atom is 0.337 e. The van der Waals surface area contributed by atoms with Gasteiger partial charge in [0.25, 0.3) is 0 Å². The van der Waals surface area contributed by atoms with E-state index in [2.05, 4.69) is 10.1 Å². The van der Waals surface area contributed by atoms with Gasteiger partial charge in [-0.05, 0) is 13.8 Å². The normalized spacial score (nSPS) is 16.3. The number of carbonyl (C=O) groups excluding carboxylic acids is 2. The molecular weight excluding hydrogens is 436 g/mol. The molecule has 2 rings (SSSR count). The molecule has 1 atom stereocenters. The van der Waals surface area contributed by atoms with Crippen LogP contribution in [0.2, 0.25) is 0 Å². The van der Waals surface area contributed by atoms with E-state index in [9.17, 15) is 27.2 Å². The maximum atomic E-state index is 14.8. The number of allylic oxidation sites excluding steroid dienone is 1. The summed E-state index contributed by atoms with van der Waals surface area (Å²) < 4.78 is 72.3. The fourth-order valence-corrected chi connectivity index (χ4v) is 3.27. The molecule has 0 saturated carbocycles. The Hall–Kier alpha value is -2.92. The molecule has 1 aromatic carbocycles. The first-order chi connectivity index (χ1) is 15.2. The molecule has 176 valence electrons. The molecule has 0 radical (unpaired) electrons. The molecule has 1 unspecified atom stereocenters. The van der Waals surface area contributed by atoms with Gasteiger partial charge < -0.3 is 25.3 Å². The number of halogens is 4. The fraction of sp³-hybridized carbons (Fsp3) is 0.429. The van der Waals surface area contributed by atoms with Crippen molar-refractivity contribution >= 4 is 11.9 Å². The van der Waals surface area contributed by atoms with Crippen molar-refractivity contribution in [2.45, 2.75) is 25.9 Å². The largest absolute Gasteiger partial charge is 0.466 e. The minimum absolute atomic E-state index is 0.0557. The molecule has 0 bridgehead atoms. The van der Waals surface area contributed by atoms with Gasteiger partial charge >= 0.3 is 11.9 Å². The molecule has 0 fully saturated rings. The van der Waals surface area contributed by atoms with E-state index in [4.69, 9.17) is 15.2 Å². The van der Waals surface area contributed by atoms with Crippen LogP contribution in [0, 0.1) is 17.5 Å². The van der Waals surface area contributed by atoms with Gasteiger partial charge in [0.05, 0.1) is 54.9 Å². The van der Waals surface area contributed by atoms with Crippen LogP contribution in [-0.4, -0.2) is 51.6 Å². The number of carbonyl (C=O) groups is 2. The van der Waals surface area contributed by atoms with E-state index < -0.39 is 70.5 Å². The average molecular weight is 460 g/mol. The minimum Gasteiger partial charge on any atom is -0.466 e. The summed E-state index contributed by atoms with van der Waals surface area (Å²) in [6.07, 6.45) is -0.641. The summed E-state index contributed by atoms with van der Waals surface area (Å²) in [5, 5.41) is 2.58. The number of nitrogens with two attached hydrogens (primary N) is 1. The molecule has 0 saturated heterocycles. The molecule has 11 heteroatoms. The second-order valence-corrected chi connectivity index (χ2v) is 7.05. The quantitative estimate of drug-likeness (QED) is 0.332. The Kier molecular flexibility index (Phi) is 8.79. The van der Waals surface area contributed by atoms with Gasteiger partial charge in [0, 0.05) is 24.2 Å². The molecule has 0 aromatic heterocycles. The Bertz CT molecular complexity index is 923. The van der Waals surface area contributed by atoms with Crippen LogP contribution >= 0.6 is 0 Å². The van der Waals surface area contributed by atoms with Crippen molar-refractivity contribution in [2.24, 2.45) is 5.73 Å². The number of hydrogen-bond donors (Lipinski definition) is 2. The van der Waals surface area contributed by atoms with E-state index in [0.717, 1.165) is 7.11 Å². The molecule has 1 heterocycles. The SMILES string of the molecule is COC(=O)C1=C(CF)NC(COCCN)=C(C(=O)OC(C)C)C1c1c(F)cc(F)cc1F. The van der Waals surface area contributed by atoms with Gasteiger partial charge in [-0.2, -0.15) is 0 Å². The molecule has 7 nitrogen and oxygen atoms in total. The number of methoxy groups -OCH3 is 1. The highest BCUT2D eigenvalue weighted by Crippen LogP contribution is 2.42. The van der Waals surface area contributed by atoms with E-state index in [1.165, 1.54) is 13.8 Å². The highest BCUT2D eigenvalue weighted by Gasteiger charge is 2.42. The standard InChI is InChI=1S/C21H24F4N2O5/c1-10(2)32-21(29)18-15(9-31-5-4-26)27-14(8-22)17(20(28)30-3)19(18)16-12(24)6-11(23)7-13(16)25/h6-7,10,19,27H,4-5,8-9,26H2,1-3H3. The summed E-state index contributed by atoms with van der Waals surface area (Å²) in [5.41, 5.74) is 3.11. The van der Waals surface area contributed by atoms with Crippen molar-refractivity contribution in [1.29, 1.82) is 0 Å². The van der Waals surface area contributed by atoms with Crippen LogP contribution in [-0.2, 0) is 23.8 Å². The van der Waals surface area contributed by atoms with Crippen LogP contribution in [0.5, 0.6) is 0 Å².